The zero-order valence-electron chi connectivity index (χ0n) is 11.3. The van der Waals surface area contributed by atoms with Crippen LogP contribution in [0, 0.1) is 11.7 Å². The number of hydrogen-bond acceptors (Lipinski definition) is 3. The molecule has 0 unspecified atom stereocenters. The average molecular weight is 321 g/mol. The van der Waals surface area contributed by atoms with Crippen molar-refractivity contribution in [3.8, 4) is 0 Å². The van der Waals surface area contributed by atoms with E-state index in [0.29, 0.717) is 19.0 Å². The molecule has 2 rings (SSSR count). The summed E-state index contributed by atoms with van der Waals surface area (Å²) in [5.41, 5.74) is 0. The first-order valence-corrected chi connectivity index (χ1v) is 8.37. The molecule has 1 fully saturated rings. The predicted octanol–water partition coefficient (Wildman–Crippen LogP) is 2.10. The monoisotopic (exact) mass is 320 g/mol. The number of rotatable bonds is 4. The van der Waals surface area contributed by atoms with Crippen LogP contribution in [0.4, 0.5) is 4.39 Å². The van der Waals surface area contributed by atoms with Crippen LogP contribution < -0.4 is 5.32 Å². The molecule has 20 heavy (non-hydrogen) atoms. The summed E-state index contributed by atoms with van der Waals surface area (Å²) in [5.74, 6) is -0.336. The molecule has 0 amide bonds. The quantitative estimate of drug-likeness (QED) is 0.924. The topological polar surface area (TPSA) is 49.4 Å². The van der Waals surface area contributed by atoms with Gasteiger partial charge >= 0.3 is 0 Å². The summed E-state index contributed by atoms with van der Waals surface area (Å²) in [6.07, 6.45) is 1.54. The van der Waals surface area contributed by atoms with Crippen molar-refractivity contribution in [3.63, 3.8) is 0 Å². The smallest absolute Gasteiger partial charge is 0.247 e. The fourth-order valence-electron chi connectivity index (χ4n) is 2.50. The Labute approximate surface area is 124 Å². The van der Waals surface area contributed by atoms with Crippen molar-refractivity contribution in [2.24, 2.45) is 5.92 Å². The Morgan fingerprint density at radius 1 is 1.40 bits per heavy atom. The van der Waals surface area contributed by atoms with Gasteiger partial charge in [-0.3, -0.25) is 0 Å². The number of hydrogen-bond donors (Lipinski definition) is 1. The minimum atomic E-state index is -3.86. The van der Waals surface area contributed by atoms with Crippen LogP contribution in [-0.4, -0.2) is 39.4 Å². The van der Waals surface area contributed by atoms with Crippen LogP contribution in [0.15, 0.2) is 23.1 Å². The van der Waals surface area contributed by atoms with E-state index in [1.807, 2.05) is 7.05 Å². The average Bonchev–Trinajstić information content (AvgIpc) is 2.39. The van der Waals surface area contributed by atoms with Crippen molar-refractivity contribution in [3.05, 3.63) is 29.0 Å². The molecular formula is C13H18ClFN2O2S. The van der Waals surface area contributed by atoms with Crippen LogP contribution in [0.25, 0.3) is 0 Å². The van der Waals surface area contributed by atoms with E-state index >= 15 is 0 Å². The van der Waals surface area contributed by atoms with Gasteiger partial charge in [0.25, 0.3) is 0 Å². The molecule has 1 aliphatic rings. The normalized spacial score (nSPS) is 18.4. The van der Waals surface area contributed by atoms with Gasteiger partial charge in [-0.25, -0.2) is 12.8 Å². The minimum absolute atomic E-state index is 0.0673. The molecule has 1 saturated heterocycles. The lowest BCUT2D eigenvalue weighted by molar-refractivity contribution is 0.270. The first kappa shape index (κ1) is 15.7. The molecule has 0 spiro atoms. The van der Waals surface area contributed by atoms with Crippen LogP contribution in [0.3, 0.4) is 0 Å². The molecule has 1 aromatic rings. The maximum absolute atomic E-state index is 13.8. The van der Waals surface area contributed by atoms with Crippen molar-refractivity contribution >= 4 is 21.6 Å². The highest BCUT2D eigenvalue weighted by Crippen LogP contribution is 2.29. The number of benzene rings is 1. The molecule has 0 atom stereocenters. The van der Waals surface area contributed by atoms with Crippen LogP contribution in [0.5, 0.6) is 0 Å². The lowest BCUT2D eigenvalue weighted by Gasteiger charge is -2.31. The second-order valence-corrected chi connectivity index (χ2v) is 7.24. The number of sulfonamides is 1. The summed E-state index contributed by atoms with van der Waals surface area (Å²) >= 11 is 5.86. The van der Waals surface area contributed by atoms with Crippen molar-refractivity contribution in [2.75, 3.05) is 26.7 Å². The summed E-state index contributed by atoms with van der Waals surface area (Å²) in [6.45, 7) is 1.67. The van der Waals surface area contributed by atoms with E-state index in [1.54, 1.807) is 0 Å². The second kappa shape index (κ2) is 6.39. The lowest BCUT2D eigenvalue weighted by atomic mass is 9.98. The fraction of sp³-hybridized carbons (Fsp3) is 0.538. The molecule has 0 aromatic heterocycles. The highest BCUT2D eigenvalue weighted by Gasteiger charge is 2.32. The largest absolute Gasteiger partial charge is 0.319 e. The number of halogens is 2. The van der Waals surface area contributed by atoms with Gasteiger partial charge in [0, 0.05) is 13.1 Å². The Morgan fingerprint density at radius 3 is 2.60 bits per heavy atom. The Bertz CT molecular complexity index is 551. The molecular weight excluding hydrogens is 303 g/mol. The highest BCUT2D eigenvalue weighted by atomic mass is 35.5. The van der Waals surface area contributed by atoms with Gasteiger partial charge in [-0.15, -0.1) is 0 Å². The number of nitrogens with one attached hydrogen (secondary N) is 1. The first-order valence-electron chi connectivity index (χ1n) is 6.55. The fourth-order valence-corrected chi connectivity index (χ4v) is 4.53. The third kappa shape index (κ3) is 3.14. The van der Waals surface area contributed by atoms with Gasteiger partial charge in [-0.2, -0.15) is 4.31 Å². The molecule has 7 heteroatoms. The maximum Gasteiger partial charge on any atom is 0.247 e. The minimum Gasteiger partial charge on any atom is -0.319 e. The van der Waals surface area contributed by atoms with E-state index in [9.17, 15) is 12.8 Å². The van der Waals surface area contributed by atoms with Gasteiger partial charge in [0.2, 0.25) is 10.0 Å². The summed E-state index contributed by atoms with van der Waals surface area (Å²) < 4.78 is 40.1. The molecule has 0 saturated carbocycles. The third-order valence-corrected chi connectivity index (χ3v) is 5.99. The van der Waals surface area contributed by atoms with Crippen molar-refractivity contribution in [1.82, 2.24) is 9.62 Å². The van der Waals surface area contributed by atoms with E-state index in [4.69, 9.17) is 11.6 Å². The van der Waals surface area contributed by atoms with Crippen LogP contribution in [0.2, 0.25) is 5.02 Å². The summed E-state index contributed by atoms with van der Waals surface area (Å²) in [5, 5.41) is 3.02. The van der Waals surface area contributed by atoms with Gasteiger partial charge in [-0.1, -0.05) is 17.7 Å². The molecule has 1 N–H and O–H groups in total. The Morgan fingerprint density at radius 2 is 2.05 bits per heavy atom. The van der Waals surface area contributed by atoms with Gasteiger partial charge in [-0.05, 0) is 44.5 Å². The standard InChI is InChI=1S/C13H18ClFN2O2S/c1-16-9-10-5-7-17(8-6-10)20(18,19)13-11(14)3-2-4-12(13)15/h2-4,10,16H,5-9H2,1H3. The Kier molecular flexibility index (Phi) is 5.01. The maximum atomic E-state index is 13.8. The Balaban J connectivity index is 2.20. The molecule has 1 heterocycles. The van der Waals surface area contributed by atoms with E-state index in [2.05, 4.69) is 5.32 Å². The van der Waals surface area contributed by atoms with Crippen LogP contribution in [-0.2, 0) is 10.0 Å². The third-order valence-electron chi connectivity index (χ3n) is 3.58. The van der Waals surface area contributed by atoms with Crippen molar-refractivity contribution < 1.29 is 12.8 Å². The molecule has 4 nitrogen and oxygen atoms in total. The van der Waals surface area contributed by atoms with Gasteiger partial charge in [0.1, 0.15) is 10.7 Å². The Hall–Kier alpha value is -0.690. The lowest BCUT2D eigenvalue weighted by Crippen LogP contribution is -2.40. The number of piperidine rings is 1. The predicted molar refractivity (Wildman–Crippen MR) is 76.8 cm³/mol. The summed E-state index contributed by atoms with van der Waals surface area (Å²) in [7, 11) is -1.98. The highest BCUT2D eigenvalue weighted by molar-refractivity contribution is 7.89. The van der Waals surface area contributed by atoms with Crippen molar-refractivity contribution in [1.29, 1.82) is 0 Å². The SMILES string of the molecule is CNCC1CCN(S(=O)(=O)c2c(F)cccc2Cl)CC1. The molecule has 0 bridgehead atoms. The number of nitrogens with zero attached hydrogens (tertiary/aromatic N) is 1. The van der Waals surface area contributed by atoms with Gasteiger partial charge < -0.3 is 5.32 Å². The van der Waals surface area contributed by atoms with Crippen molar-refractivity contribution in [2.45, 2.75) is 17.7 Å². The van der Waals surface area contributed by atoms with E-state index in [-0.39, 0.29) is 5.02 Å². The first-order chi connectivity index (χ1) is 9.46. The van der Waals surface area contributed by atoms with Gasteiger partial charge in [0.15, 0.2) is 0 Å². The van der Waals surface area contributed by atoms with Crippen LogP contribution >= 0.6 is 11.6 Å². The van der Waals surface area contributed by atoms with E-state index in [0.717, 1.165) is 25.5 Å². The zero-order chi connectivity index (χ0) is 14.8. The van der Waals surface area contributed by atoms with Crippen LogP contribution in [0.1, 0.15) is 12.8 Å². The second-order valence-electron chi connectivity index (χ2n) is 4.96. The van der Waals surface area contributed by atoms with E-state index < -0.39 is 20.7 Å². The van der Waals surface area contributed by atoms with Gasteiger partial charge in [0.05, 0.1) is 5.02 Å². The summed E-state index contributed by atoms with van der Waals surface area (Å²) in [4.78, 5) is -0.409. The van der Waals surface area contributed by atoms with E-state index in [1.165, 1.54) is 16.4 Å². The molecule has 1 aromatic carbocycles. The summed E-state index contributed by atoms with van der Waals surface area (Å²) in [6, 6.07) is 3.91. The molecule has 0 aliphatic carbocycles. The zero-order valence-corrected chi connectivity index (χ0v) is 12.8. The molecule has 1 aliphatic heterocycles. The molecule has 112 valence electrons. The molecule has 0 radical (unpaired) electrons.